The minimum atomic E-state index is 0.291. The first-order valence-electron chi connectivity index (χ1n) is 9.61. The Labute approximate surface area is 220 Å². The van der Waals surface area contributed by atoms with Crippen LogP contribution in [-0.4, -0.2) is 12.8 Å². The number of nitrogens with one attached hydrogen (secondary N) is 1. The number of hydrogen-bond donors (Lipinski definition) is 1. The molecule has 0 aromatic heterocycles. The fourth-order valence-electron chi connectivity index (χ4n) is 2.80. The highest BCUT2D eigenvalue weighted by Crippen LogP contribution is 2.35. The Kier molecular flexibility index (Phi) is 9.61. The molecule has 3 rings (SSSR count). The summed E-state index contributed by atoms with van der Waals surface area (Å²) in [6, 6.07) is 14.5. The number of nitrogens with zero attached hydrogens (tertiary/aromatic N) is 1. The van der Waals surface area contributed by atoms with Gasteiger partial charge in [0, 0.05) is 31.2 Å². The maximum Gasteiger partial charge on any atom is 0.175 e. The fraction of sp³-hybridized carbons (Fsp3) is 0.174. The third-order valence-corrected chi connectivity index (χ3v) is 6.44. The van der Waals surface area contributed by atoms with Crippen molar-refractivity contribution in [1.29, 1.82) is 0 Å². The smallest absolute Gasteiger partial charge is 0.175 e. The predicted molar refractivity (Wildman–Crippen MR) is 142 cm³/mol. The van der Waals surface area contributed by atoms with E-state index in [1.165, 1.54) is 0 Å². The van der Waals surface area contributed by atoms with Crippen LogP contribution in [0.25, 0.3) is 0 Å². The van der Waals surface area contributed by atoms with Crippen LogP contribution in [0.3, 0.4) is 0 Å². The highest BCUT2D eigenvalue weighted by molar-refractivity contribution is 14.1. The molecule has 0 saturated heterocycles. The first kappa shape index (κ1) is 25.2. The average molecular weight is 624 g/mol. The van der Waals surface area contributed by atoms with Crippen molar-refractivity contribution in [3.8, 4) is 11.5 Å². The second kappa shape index (κ2) is 12.2. The highest BCUT2D eigenvalue weighted by Gasteiger charge is 2.13. The molecule has 0 fully saturated rings. The van der Waals surface area contributed by atoms with Crippen LogP contribution < -0.4 is 14.9 Å². The van der Waals surface area contributed by atoms with Gasteiger partial charge in [-0.15, -0.1) is 0 Å². The lowest BCUT2D eigenvalue weighted by Crippen LogP contribution is -2.07. The van der Waals surface area contributed by atoms with Crippen LogP contribution >= 0.6 is 69.0 Å². The summed E-state index contributed by atoms with van der Waals surface area (Å²) in [5.41, 5.74) is 5.46. The molecule has 4 nitrogen and oxygen atoms in total. The number of halogens is 5. The summed E-state index contributed by atoms with van der Waals surface area (Å²) in [6.07, 6.45) is 1.70. The van der Waals surface area contributed by atoms with Crippen molar-refractivity contribution in [2.75, 3.05) is 6.61 Å². The first-order valence-corrected chi connectivity index (χ1v) is 12.2. The minimum Gasteiger partial charge on any atom is -0.490 e. The zero-order valence-corrected chi connectivity index (χ0v) is 22.2. The molecule has 0 unspecified atom stereocenters. The minimum absolute atomic E-state index is 0.291. The lowest BCUT2D eigenvalue weighted by atomic mass is 10.2. The molecule has 0 spiro atoms. The molecule has 3 aromatic carbocycles. The lowest BCUT2D eigenvalue weighted by Gasteiger charge is -2.15. The standard InChI is InChI=1S/C23H19Cl4IN2O2/c1-2-31-22-9-14(11-29-30-12-17-18(25)4-3-5-19(17)26)8-21(28)23(22)32-13-15-6-7-16(24)10-20(15)27/h3-11,30H,2,12-13H2,1H3/b29-11+. The van der Waals surface area contributed by atoms with Crippen LogP contribution in [0.2, 0.25) is 20.1 Å². The van der Waals surface area contributed by atoms with Gasteiger partial charge in [0.15, 0.2) is 11.5 Å². The molecule has 0 radical (unpaired) electrons. The molecule has 0 saturated carbocycles. The molecule has 0 aliphatic rings. The summed E-state index contributed by atoms with van der Waals surface area (Å²) in [4.78, 5) is 0. The lowest BCUT2D eigenvalue weighted by molar-refractivity contribution is 0.267. The van der Waals surface area contributed by atoms with Crippen molar-refractivity contribution in [3.63, 3.8) is 0 Å². The predicted octanol–water partition coefficient (Wildman–Crippen LogP) is 8.01. The van der Waals surface area contributed by atoms with Crippen molar-refractivity contribution >= 4 is 75.2 Å². The van der Waals surface area contributed by atoms with Crippen molar-refractivity contribution in [3.05, 3.63) is 88.9 Å². The van der Waals surface area contributed by atoms with E-state index in [9.17, 15) is 0 Å². The SMILES string of the molecule is CCOc1cc(/C=N/NCc2c(Cl)cccc2Cl)cc(I)c1OCc1ccc(Cl)cc1Cl. The molecule has 32 heavy (non-hydrogen) atoms. The largest absolute Gasteiger partial charge is 0.490 e. The van der Waals surface area contributed by atoms with Crippen LogP contribution in [0, 0.1) is 3.57 Å². The maximum atomic E-state index is 6.26. The van der Waals surface area contributed by atoms with Crippen molar-refractivity contribution in [1.82, 2.24) is 5.43 Å². The number of ether oxygens (including phenoxy) is 2. The summed E-state index contributed by atoms with van der Waals surface area (Å²) in [5.74, 6) is 1.27. The summed E-state index contributed by atoms with van der Waals surface area (Å²) >= 11 is 26.8. The molecular weight excluding hydrogens is 605 g/mol. The van der Waals surface area contributed by atoms with Gasteiger partial charge in [0.25, 0.3) is 0 Å². The van der Waals surface area contributed by atoms with Crippen LogP contribution in [0.4, 0.5) is 0 Å². The van der Waals surface area contributed by atoms with E-state index in [-0.39, 0.29) is 0 Å². The Bertz CT molecular complexity index is 1110. The van der Waals surface area contributed by atoms with Gasteiger partial charge in [0.1, 0.15) is 6.61 Å². The normalized spacial score (nSPS) is 11.1. The molecule has 0 amide bonds. The van der Waals surface area contributed by atoms with Gasteiger partial charge in [0.2, 0.25) is 0 Å². The van der Waals surface area contributed by atoms with E-state index in [2.05, 4.69) is 33.1 Å². The Balaban J connectivity index is 1.72. The number of benzene rings is 3. The van der Waals surface area contributed by atoms with Gasteiger partial charge < -0.3 is 14.9 Å². The van der Waals surface area contributed by atoms with E-state index in [0.29, 0.717) is 51.3 Å². The van der Waals surface area contributed by atoms with Crippen LogP contribution in [0.15, 0.2) is 53.6 Å². The van der Waals surface area contributed by atoms with Crippen LogP contribution in [0.1, 0.15) is 23.6 Å². The zero-order chi connectivity index (χ0) is 23.1. The van der Waals surface area contributed by atoms with Gasteiger partial charge in [0.05, 0.1) is 22.9 Å². The topological polar surface area (TPSA) is 42.8 Å². The quantitative estimate of drug-likeness (QED) is 0.149. The van der Waals surface area contributed by atoms with Gasteiger partial charge in [-0.05, 0) is 71.5 Å². The second-order valence-electron chi connectivity index (χ2n) is 6.58. The van der Waals surface area contributed by atoms with Crippen LogP contribution in [-0.2, 0) is 13.2 Å². The van der Waals surface area contributed by atoms with Gasteiger partial charge in [-0.1, -0.05) is 58.5 Å². The summed E-state index contributed by atoms with van der Waals surface area (Å²) in [5, 5.41) is 6.60. The highest BCUT2D eigenvalue weighted by atomic mass is 127. The molecule has 3 aromatic rings. The van der Waals surface area contributed by atoms with Crippen molar-refractivity contribution in [2.45, 2.75) is 20.1 Å². The monoisotopic (exact) mass is 622 g/mol. The zero-order valence-electron chi connectivity index (χ0n) is 17.0. The number of hydrazone groups is 1. The Morgan fingerprint density at radius 1 is 0.969 bits per heavy atom. The molecule has 0 atom stereocenters. The molecule has 168 valence electrons. The van der Waals surface area contributed by atoms with E-state index in [1.807, 2.05) is 25.1 Å². The molecule has 0 heterocycles. The van der Waals surface area contributed by atoms with E-state index < -0.39 is 0 Å². The van der Waals surface area contributed by atoms with E-state index >= 15 is 0 Å². The average Bonchev–Trinajstić information content (AvgIpc) is 2.74. The number of hydrogen-bond acceptors (Lipinski definition) is 4. The third kappa shape index (κ3) is 6.81. The molecule has 1 N–H and O–H groups in total. The molecule has 9 heteroatoms. The van der Waals surface area contributed by atoms with Gasteiger partial charge in [-0.3, -0.25) is 0 Å². The van der Waals surface area contributed by atoms with E-state index in [0.717, 1.165) is 20.3 Å². The fourth-order valence-corrected chi connectivity index (χ4v) is 4.58. The van der Waals surface area contributed by atoms with E-state index in [4.69, 9.17) is 55.9 Å². The Morgan fingerprint density at radius 2 is 1.72 bits per heavy atom. The summed E-state index contributed by atoms with van der Waals surface area (Å²) in [6.45, 7) is 3.12. The van der Waals surface area contributed by atoms with Crippen LogP contribution in [0.5, 0.6) is 11.5 Å². The van der Waals surface area contributed by atoms with Gasteiger partial charge >= 0.3 is 0 Å². The first-order chi connectivity index (χ1) is 15.4. The molecule has 0 aliphatic heterocycles. The molecule has 0 bridgehead atoms. The maximum absolute atomic E-state index is 6.26. The second-order valence-corrected chi connectivity index (χ2v) is 9.40. The van der Waals surface area contributed by atoms with E-state index in [1.54, 1.807) is 36.5 Å². The molecular formula is C23H19Cl4IN2O2. The third-order valence-electron chi connectivity index (χ3n) is 4.34. The van der Waals surface area contributed by atoms with Gasteiger partial charge in [-0.2, -0.15) is 5.10 Å². The molecule has 0 aliphatic carbocycles. The Hall–Kier alpha value is -1.38. The Morgan fingerprint density at radius 3 is 2.41 bits per heavy atom. The van der Waals surface area contributed by atoms with Crippen molar-refractivity contribution in [2.24, 2.45) is 5.10 Å². The number of rotatable bonds is 9. The summed E-state index contributed by atoms with van der Waals surface area (Å²) in [7, 11) is 0. The van der Waals surface area contributed by atoms with Crippen molar-refractivity contribution < 1.29 is 9.47 Å². The summed E-state index contributed by atoms with van der Waals surface area (Å²) < 4.78 is 12.7. The van der Waals surface area contributed by atoms with Gasteiger partial charge in [-0.25, -0.2) is 0 Å².